The fourth-order valence-electron chi connectivity index (χ4n) is 2.14. The molecule has 0 amide bonds. The van der Waals surface area contributed by atoms with Crippen LogP contribution in [0.3, 0.4) is 0 Å². The van der Waals surface area contributed by atoms with Gasteiger partial charge in [-0.3, -0.25) is 0 Å². The van der Waals surface area contributed by atoms with E-state index >= 15 is 0 Å². The first-order valence-electron chi connectivity index (χ1n) is 5.18. The van der Waals surface area contributed by atoms with E-state index in [0.29, 0.717) is 5.58 Å². The Labute approximate surface area is 91.7 Å². The zero-order valence-electron chi connectivity index (χ0n) is 9.13. The summed E-state index contributed by atoms with van der Waals surface area (Å²) in [7, 11) is 0. The third-order valence-corrected chi connectivity index (χ3v) is 3.06. The lowest BCUT2D eigenvalue weighted by Gasteiger charge is -1.98. The van der Waals surface area contributed by atoms with Crippen LogP contribution in [0.4, 0.5) is 0 Å². The van der Waals surface area contributed by atoms with Crippen molar-refractivity contribution in [3.8, 4) is 0 Å². The standard InChI is InChI=1S/C13H11NO2/c1-7-8(2)14-10-4-5-11-9(13(7)10)3-6-12(15)16-11/h3-6,14H,1-2H3. The minimum atomic E-state index is -0.309. The van der Waals surface area contributed by atoms with Gasteiger partial charge in [0.25, 0.3) is 0 Å². The van der Waals surface area contributed by atoms with E-state index in [1.165, 1.54) is 11.6 Å². The predicted molar refractivity (Wildman–Crippen MR) is 63.8 cm³/mol. The maximum Gasteiger partial charge on any atom is 0.336 e. The normalized spacial score (nSPS) is 11.4. The molecule has 3 aromatic rings. The molecule has 0 saturated heterocycles. The molecule has 1 aromatic carbocycles. The van der Waals surface area contributed by atoms with E-state index in [4.69, 9.17) is 4.42 Å². The van der Waals surface area contributed by atoms with E-state index in [1.807, 2.05) is 25.1 Å². The molecular formula is C13H11NO2. The Bertz CT molecular complexity index is 750. The van der Waals surface area contributed by atoms with Gasteiger partial charge in [0.2, 0.25) is 0 Å². The average Bonchev–Trinajstić information content (AvgIpc) is 2.55. The molecule has 0 aliphatic rings. The first kappa shape index (κ1) is 9.21. The first-order valence-corrected chi connectivity index (χ1v) is 5.18. The van der Waals surface area contributed by atoms with Crippen LogP contribution in [0, 0.1) is 13.8 Å². The molecule has 3 rings (SSSR count). The van der Waals surface area contributed by atoms with Gasteiger partial charge in [0, 0.05) is 28.0 Å². The zero-order valence-corrected chi connectivity index (χ0v) is 9.13. The van der Waals surface area contributed by atoms with Crippen molar-refractivity contribution in [1.82, 2.24) is 4.98 Å². The maximum atomic E-state index is 11.1. The van der Waals surface area contributed by atoms with Gasteiger partial charge in [0.05, 0.1) is 0 Å². The summed E-state index contributed by atoms with van der Waals surface area (Å²) in [6.07, 6.45) is 0. The number of nitrogens with one attached hydrogen (secondary N) is 1. The third-order valence-electron chi connectivity index (χ3n) is 3.06. The summed E-state index contributed by atoms with van der Waals surface area (Å²) in [6.45, 7) is 4.11. The molecule has 0 unspecified atom stereocenters. The maximum absolute atomic E-state index is 11.1. The number of hydrogen-bond acceptors (Lipinski definition) is 2. The number of H-pyrrole nitrogens is 1. The Hall–Kier alpha value is -2.03. The molecule has 0 aliphatic heterocycles. The van der Waals surface area contributed by atoms with Crippen LogP contribution in [0.1, 0.15) is 11.3 Å². The first-order chi connectivity index (χ1) is 7.66. The molecule has 3 nitrogen and oxygen atoms in total. The highest BCUT2D eigenvalue weighted by Gasteiger charge is 2.09. The second-order valence-electron chi connectivity index (χ2n) is 4.03. The van der Waals surface area contributed by atoms with E-state index in [1.54, 1.807) is 0 Å². The number of benzene rings is 1. The van der Waals surface area contributed by atoms with Crippen LogP contribution in [0.5, 0.6) is 0 Å². The van der Waals surface area contributed by atoms with E-state index < -0.39 is 0 Å². The Balaban J connectivity index is 2.62. The lowest BCUT2D eigenvalue weighted by Crippen LogP contribution is -1.94. The Morgan fingerprint density at radius 2 is 1.94 bits per heavy atom. The zero-order chi connectivity index (χ0) is 11.3. The number of hydrogen-bond donors (Lipinski definition) is 1. The quantitative estimate of drug-likeness (QED) is 0.583. The highest BCUT2D eigenvalue weighted by Crippen LogP contribution is 2.28. The van der Waals surface area contributed by atoms with Gasteiger partial charge < -0.3 is 9.40 Å². The van der Waals surface area contributed by atoms with Gasteiger partial charge in [-0.1, -0.05) is 0 Å². The number of rotatable bonds is 0. The van der Waals surface area contributed by atoms with Crippen LogP contribution in [0.25, 0.3) is 21.9 Å². The lowest BCUT2D eigenvalue weighted by molar-refractivity contribution is 0.561. The van der Waals surface area contributed by atoms with Crippen LogP contribution in [0.15, 0.2) is 33.5 Å². The Kier molecular flexibility index (Phi) is 1.72. The van der Waals surface area contributed by atoms with E-state index in [0.717, 1.165) is 22.0 Å². The molecule has 0 saturated carbocycles. The van der Waals surface area contributed by atoms with Crippen molar-refractivity contribution < 1.29 is 4.42 Å². The van der Waals surface area contributed by atoms with Gasteiger partial charge in [-0.2, -0.15) is 0 Å². The van der Waals surface area contributed by atoms with Crippen molar-refractivity contribution in [3.05, 3.63) is 45.9 Å². The number of aromatic amines is 1. The Morgan fingerprint density at radius 1 is 1.12 bits per heavy atom. The van der Waals surface area contributed by atoms with Gasteiger partial charge in [-0.25, -0.2) is 4.79 Å². The fourth-order valence-corrected chi connectivity index (χ4v) is 2.14. The van der Waals surface area contributed by atoms with Gasteiger partial charge >= 0.3 is 5.63 Å². The summed E-state index contributed by atoms with van der Waals surface area (Å²) in [5.74, 6) is 0. The van der Waals surface area contributed by atoms with Crippen LogP contribution in [-0.4, -0.2) is 4.98 Å². The van der Waals surface area contributed by atoms with Crippen LogP contribution >= 0.6 is 0 Å². The summed E-state index contributed by atoms with van der Waals surface area (Å²) in [4.78, 5) is 14.4. The topological polar surface area (TPSA) is 46.0 Å². The molecule has 3 heteroatoms. The van der Waals surface area contributed by atoms with Gasteiger partial charge in [0.15, 0.2) is 0 Å². The Morgan fingerprint density at radius 3 is 2.75 bits per heavy atom. The summed E-state index contributed by atoms with van der Waals surface area (Å²) >= 11 is 0. The molecular weight excluding hydrogens is 202 g/mol. The van der Waals surface area contributed by atoms with E-state index in [2.05, 4.69) is 11.9 Å². The van der Waals surface area contributed by atoms with Crippen molar-refractivity contribution in [3.63, 3.8) is 0 Å². The fraction of sp³-hybridized carbons (Fsp3) is 0.154. The molecule has 2 heterocycles. The molecule has 0 radical (unpaired) electrons. The monoisotopic (exact) mass is 213 g/mol. The summed E-state index contributed by atoms with van der Waals surface area (Å²) in [6, 6.07) is 7.06. The largest absolute Gasteiger partial charge is 0.423 e. The van der Waals surface area contributed by atoms with Crippen molar-refractivity contribution in [2.24, 2.45) is 0 Å². The third kappa shape index (κ3) is 1.11. The molecule has 0 fully saturated rings. The van der Waals surface area contributed by atoms with E-state index in [-0.39, 0.29) is 5.63 Å². The molecule has 2 aromatic heterocycles. The second kappa shape index (κ2) is 2.98. The van der Waals surface area contributed by atoms with Crippen LogP contribution in [0.2, 0.25) is 0 Å². The number of aromatic nitrogens is 1. The summed E-state index contributed by atoms with van der Waals surface area (Å²) < 4.78 is 5.16. The van der Waals surface area contributed by atoms with Crippen LogP contribution in [-0.2, 0) is 0 Å². The van der Waals surface area contributed by atoms with Crippen molar-refractivity contribution in [2.75, 3.05) is 0 Å². The molecule has 1 N–H and O–H groups in total. The highest BCUT2D eigenvalue weighted by atomic mass is 16.4. The van der Waals surface area contributed by atoms with Crippen molar-refractivity contribution >= 4 is 21.9 Å². The van der Waals surface area contributed by atoms with Gasteiger partial charge in [-0.15, -0.1) is 0 Å². The van der Waals surface area contributed by atoms with Crippen molar-refractivity contribution in [2.45, 2.75) is 13.8 Å². The van der Waals surface area contributed by atoms with Gasteiger partial charge in [0.1, 0.15) is 5.58 Å². The molecule has 0 aliphatic carbocycles. The molecule has 80 valence electrons. The SMILES string of the molecule is Cc1[nH]c2ccc3oc(=O)ccc3c2c1C. The summed E-state index contributed by atoms with van der Waals surface area (Å²) in [5, 5.41) is 2.12. The number of fused-ring (bicyclic) bond motifs is 3. The predicted octanol–water partition coefficient (Wildman–Crippen LogP) is 2.89. The molecule has 16 heavy (non-hydrogen) atoms. The second-order valence-corrected chi connectivity index (χ2v) is 4.03. The lowest BCUT2D eigenvalue weighted by atomic mass is 10.1. The minimum absolute atomic E-state index is 0.309. The molecule has 0 spiro atoms. The smallest absolute Gasteiger partial charge is 0.336 e. The van der Waals surface area contributed by atoms with Crippen molar-refractivity contribution in [1.29, 1.82) is 0 Å². The van der Waals surface area contributed by atoms with E-state index in [9.17, 15) is 4.79 Å². The molecule has 0 bridgehead atoms. The average molecular weight is 213 g/mol. The number of aryl methyl sites for hydroxylation is 2. The summed E-state index contributed by atoms with van der Waals surface area (Å²) in [5.41, 5.74) is 3.76. The van der Waals surface area contributed by atoms with Crippen LogP contribution < -0.4 is 5.63 Å². The highest BCUT2D eigenvalue weighted by molar-refractivity contribution is 6.06. The minimum Gasteiger partial charge on any atom is -0.423 e. The molecule has 0 atom stereocenters. The van der Waals surface area contributed by atoms with Gasteiger partial charge in [-0.05, 0) is 37.6 Å².